The average molecular weight is 410 g/mol. The van der Waals surface area contributed by atoms with Gasteiger partial charge < -0.3 is 9.47 Å². The summed E-state index contributed by atoms with van der Waals surface area (Å²) in [5.41, 5.74) is 1.86. The van der Waals surface area contributed by atoms with Crippen molar-refractivity contribution in [1.82, 2.24) is 4.98 Å². The molecule has 0 spiro atoms. The first-order valence-corrected chi connectivity index (χ1v) is 9.95. The monoisotopic (exact) mass is 409 g/mol. The molecule has 0 saturated carbocycles. The second-order valence-electron chi connectivity index (χ2n) is 7.03. The van der Waals surface area contributed by atoms with Gasteiger partial charge in [-0.25, -0.2) is 4.79 Å². The van der Waals surface area contributed by atoms with Crippen LogP contribution >= 0.6 is 11.6 Å². The zero-order valence-corrected chi connectivity index (χ0v) is 17.4. The van der Waals surface area contributed by atoms with E-state index < -0.39 is 11.6 Å². The molecule has 0 radical (unpaired) electrons. The van der Waals surface area contributed by atoms with Crippen molar-refractivity contribution >= 4 is 17.6 Å². The molecule has 0 amide bonds. The third-order valence-electron chi connectivity index (χ3n) is 4.81. The standard InChI is InChI=1S/C24H24ClNO3/c1-3-24(2,23(27)28-17-19-7-6-14-26-16-19)29-22-9-5-4-8-20(22)15-18-10-12-21(25)13-11-18/h4-14,16H,3,15,17H2,1-2H3. The smallest absolute Gasteiger partial charge is 0.350 e. The number of carbonyl (C=O) groups excluding carboxylic acids is 1. The van der Waals surface area contributed by atoms with E-state index in [9.17, 15) is 4.79 Å². The zero-order chi connectivity index (χ0) is 20.7. The molecule has 0 aliphatic heterocycles. The number of ether oxygens (including phenoxy) is 2. The first-order chi connectivity index (χ1) is 14.0. The van der Waals surface area contributed by atoms with E-state index in [0.717, 1.165) is 16.7 Å². The Morgan fingerprint density at radius 1 is 1.03 bits per heavy atom. The number of nitrogens with zero attached hydrogens (tertiary/aromatic N) is 1. The van der Waals surface area contributed by atoms with Gasteiger partial charge in [-0.05, 0) is 48.7 Å². The molecule has 4 nitrogen and oxygen atoms in total. The molecule has 0 N–H and O–H groups in total. The van der Waals surface area contributed by atoms with Crippen LogP contribution in [0.3, 0.4) is 0 Å². The van der Waals surface area contributed by atoms with Crippen molar-refractivity contribution in [1.29, 1.82) is 0 Å². The van der Waals surface area contributed by atoms with Crippen molar-refractivity contribution < 1.29 is 14.3 Å². The van der Waals surface area contributed by atoms with Crippen molar-refractivity contribution in [3.8, 4) is 5.75 Å². The highest BCUT2D eigenvalue weighted by Gasteiger charge is 2.36. The molecule has 5 heteroatoms. The van der Waals surface area contributed by atoms with Crippen molar-refractivity contribution in [3.05, 3.63) is 94.8 Å². The number of benzene rings is 2. The Morgan fingerprint density at radius 2 is 1.79 bits per heavy atom. The van der Waals surface area contributed by atoms with E-state index in [2.05, 4.69) is 4.98 Å². The van der Waals surface area contributed by atoms with Gasteiger partial charge in [0.15, 0.2) is 0 Å². The van der Waals surface area contributed by atoms with Crippen LogP contribution in [0.1, 0.15) is 37.0 Å². The van der Waals surface area contributed by atoms with Gasteiger partial charge in [0, 0.05) is 29.4 Å². The average Bonchev–Trinajstić information content (AvgIpc) is 2.75. The third-order valence-corrected chi connectivity index (χ3v) is 5.07. The fourth-order valence-corrected chi connectivity index (χ4v) is 2.98. The molecule has 0 bridgehead atoms. The molecule has 1 heterocycles. The molecular formula is C24H24ClNO3. The first-order valence-electron chi connectivity index (χ1n) is 9.57. The van der Waals surface area contributed by atoms with E-state index in [4.69, 9.17) is 21.1 Å². The second-order valence-corrected chi connectivity index (χ2v) is 7.47. The second kappa shape index (κ2) is 9.57. The van der Waals surface area contributed by atoms with E-state index in [0.29, 0.717) is 23.6 Å². The highest BCUT2D eigenvalue weighted by atomic mass is 35.5. The van der Waals surface area contributed by atoms with Crippen LogP contribution in [0, 0.1) is 0 Å². The molecule has 2 aromatic carbocycles. The number of carbonyl (C=O) groups is 1. The summed E-state index contributed by atoms with van der Waals surface area (Å²) in [6.07, 6.45) is 4.52. The number of esters is 1. The van der Waals surface area contributed by atoms with E-state index in [-0.39, 0.29) is 6.61 Å². The normalized spacial score (nSPS) is 12.8. The van der Waals surface area contributed by atoms with Crippen LogP contribution in [-0.4, -0.2) is 16.6 Å². The van der Waals surface area contributed by atoms with Crippen LogP contribution in [0.15, 0.2) is 73.1 Å². The van der Waals surface area contributed by atoms with E-state index in [1.165, 1.54) is 0 Å². The largest absolute Gasteiger partial charge is 0.476 e. The molecular weight excluding hydrogens is 386 g/mol. The van der Waals surface area contributed by atoms with Gasteiger partial charge in [-0.3, -0.25) is 4.98 Å². The van der Waals surface area contributed by atoms with Crippen molar-refractivity contribution in [2.24, 2.45) is 0 Å². The SMILES string of the molecule is CCC(C)(Oc1ccccc1Cc1ccc(Cl)cc1)C(=O)OCc1cccnc1. The highest BCUT2D eigenvalue weighted by Crippen LogP contribution is 2.28. The fraction of sp³-hybridized carbons (Fsp3) is 0.250. The Balaban J connectivity index is 1.73. The van der Waals surface area contributed by atoms with Crippen LogP contribution in [0.25, 0.3) is 0 Å². The van der Waals surface area contributed by atoms with Gasteiger partial charge in [0.2, 0.25) is 5.60 Å². The molecule has 0 aliphatic rings. The zero-order valence-electron chi connectivity index (χ0n) is 16.6. The summed E-state index contributed by atoms with van der Waals surface area (Å²) in [5, 5.41) is 0.702. The molecule has 1 unspecified atom stereocenters. The molecule has 150 valence electrons. The number of para-hydroxylation sites is 1. The summed E-state index contributed by atoms with van der Waals surface area (Å²) in [5.74, 6) is 0.273. The lowest BCUT2D eigenvalue weighted by atomic mass is 10.0. The Morgan fingerprint density at radius 3 is 2.48 bits per heavy atom. The van der Waals surface area contributed by atoms with Crippen molar-refractivity contribution in [3.63, 3.8) is 0 Å². The van der Waals surface area contributed by atoms with Gasteiger partial charge in [0.25, 0.3) is 0 Å². The number of pyridine rings is 1. The summed E-state index contributed by atoms with van der Waals surface area (Å²) in [6, 6.07) is 19.1. The van der Waals surface area contributed by atoms with Crippen LogP contribution in [0.5, 0.6) is 5.75 Å². The topological polar surface area (TPSA) is 48.4 Å². The Kier molecular flexibility index (Phi) is 6.89. The molecule has 3 aromatic rings. The van der Waals surface area contributed by atoms with E-state index in [1.807, 2.05) is 67.6 Å². The number of hydrogen-bond acceptors (Lipinski definition) is 4. The molecule has 1 aromatic heterocycles. The Bertz CT molecular complexity index is 944. The van der Waals surface area contributed by atoms with Gasteiger partial charge in [0.05, 0.1) is 0 Å². The highest BCUT2D eigenvalue weighted by molar-refractivity contribution is 6.30. The summed E-state index contributed by atoms with van der Waals surface area (Å²) in [4.78, 5) is 16.8. The molecule has 1 atom stereocenters. The maximum absolute atomic E-state index is 12.8. The lowest BCUT2D eigenvalue weighted by molar-refractivity contribution is -0.162. The van der Waals surface area contributed by atoms with Gasteiger partial charge in [-0.2, -0.15) is 0 Å². The minimum absolute atomic E-state index is 0.165. The Hall–Kier alpha value is -2.85. The summed E-state index contributed by atoms with van der Waals surface area (Å²) in [6.45, 7) is 3.84. The quantitative estimate of drug-likeness (QED) is 0.453. The Labute approximate surface area is 176 Å². The summed E-state index contributed by atoms with van der Waals surface area (Å²) >= 11 is 5.98. The number of hydrogen-bond donors (Lipinski definition) is 0. The number of aromatic nitrogens is 1. The molecule has 0 saturated heterocycles. The molecule has 0 aliphatic carbocycles. The third kappa shape index (κ3) is 5.58. The van der Waals surface area contributed by atoms with E-state index in [1.54, 1.807) is 19.3 Å². The van der Waals surface area contributed by atoms with Crippen LogP contribution in [0.4, 0.5) is 0 Å². The maximum Gasteiger partial charge on any atom is 0.350 e. The number of halogens is 1. The van der Waals surface area contributed by atoms with Gasteiger partial charge in [-0.15, -0.1) is 0 Å². The molecule has 3 rings (SSSR count). The maximum atomic E-state index is 12.8. The van der Waals surface area contributed by atoms with Crippen molar-refractivity contribution in [2.45, 2.75) is 38.9 Å². The fourth-order valence-electron chi connectivity index (χ4n) is 2.86. The van der Waals surface area contributed by atoms with Crippen LogP contribution in [-0.2, 0) is 22.6 Å². The molecule has 29 heavy (non-hydrogen) atoms. The van der Waals surface area contributed by atoms with Crippen LogP contribution < -0.4 is 4.74 Å². The predicted octanol–water partition coefficient (Wildman–Crippen LogP) is 5.62. The number of rotatable bonds is 8. The van der Waals surface area contributed by atoms with Crippen molar-refractivity contribution in [2.75, 3.05) is 0 Å². The summed E-state index contributed by atoms with van der Waals surface area (Å²) in [7, 11) is 0. The van der Waals surface area contributed by atoms with E-state index >= 15 is 0 Å². The first kappa shape index (κ1) is 20.9. The lowest BCUT2D eigenvalue weighted by Gasteiger charge is -2.28. The predicted molar refractivity (Wildman–Crippen MR) is 114 cm³/mol. The van der Waals surface area contributed by atoms with Crippen LogP contribution in [0.2, 0.25) is 5.02 Å². The van der Waals surface area contributed by atoms with Gasteiger partial charge in [-0.1, -0.05) is 54.9 Å². The molecule has 0 fully saturated rings. The lowest BCUT2D eigenvalue weighted by Crippen LogP contribution is -2.42. The minimum atomic E-state index is -1.09. The van der Waals surface area contributed by atoms with Gasteiger partial charge >= 0.3 is 5.97 Å². The minimum Gasteiger partial charge on any atom is -0.476 e. The summed E-state index contributed by atoms with van der Waals surface area (Å²) < 4.78 is 11.7. The van der Waals surface area contributed by atoms with Gasteiger partial charge in [0.1, 0.15) is 12.4 Å².